The van der Waals surface area contributed by atoms with Crippen LogP contribution in [0.2, 0.25) is 0 Å². The first-order valence-electron chi connectivity index (χ1n) is 12.5. The number of anilines is 2. The second-order valence-corrected chi connectivity index (χ2v) is 9.26. The van der Waals surface area contributed by atoms with Gasteiger partial charge in [0.2, 0.25) is 5.95 Å². The molecule has 39 heavy (non-hydrogen) atoms. The van der Waals surface area contributed by atoms with E-state index in [1.54, 1.807) is 24.0 Å². The van der Waals surface area contributed by atoms with Crippen LogP contribution in [-0.4, -0.2) is 72.7 Å². The van der Waals surface area contributed by atoms with Crippen molar-refractivity contribution in [1.82, 2.24) is 15.0 Å². The number of carbonyl (C=O) groups is 2. The molecule has 1 amide bonds. The van der Waals surface area contributed by atoms with Crippen molar-refractivity contribution in [1.29, 1.82) is 0 Å². The Morgan fingerprint density at radius 3 is 2.54 bits per heavy atom. The molecule has 0 atom stereocenters. The third kappa shape index (κ3) is 6.07. The van der Waals surface area contributed by atoms with E-state index in [0.717, 1.165) is 12.1 Å². The van der Waals surface area contributed by atoms with Gasteiger partial charge in [-0.3, -0.25) is 19.5 Å². The largest absolute Gasteiger partial charge is 0.416 e. The van der Waals surface area contributed by atoms with E-state index in [2.05, 4.69) is 9.97 Å². The number of alkyl halides is 3. The lowest BCUT2D eigenvalue weighted by molar-refractivity contribution is -0.137. The van der Waals surface area contributed by atoms with Gasteiger partial charge in [0.15, 0.2) is 5.78 Å². The standard InChI is InChI=1S/C27H26F3N5O4/c1-17-21(13-19(15-31-17)23(36)12-18-3-2-4-20(11-18)27(28,29)30)22-14-24(35-7-10-39-16-25(35)37)33-26(32-22)34-5-8-38-9-6-34/h2-4,11,13-15H,5-10,12,16H2,1H3. The molecular formula is C27H26F3N5O4. The Hall–Kier alpha value is -3.90. The number of rotatable bonds is 6. The number of aromatic nitrogens is 3. The van der Waals surface area contributed by atoms with Crippen LogP contribution >= 0.6 is 0 Å². The summed E-state index contributed by atoms with van der Waals surface area (Å²) < 4.78 is 50.1. The van der Waals surface area contributed by atoms with Crippen LogP contribution < -0.4 is 9.80 Å². The van der Waals surface area contributed by atoms with E-state index in [-0.39, 0.29) is 35.8 Å². The quantitative estimate of drug-likeness (QED) is 0.438. The maximum absolute atomic E-state index is 13.1. The third-order valence-electron chi connectivity index (χ3n) is 6.56. The van der Waals surface area contributed by atoms with Crippen LogP contribution in [0.4, 0.5) is 24.9 Å². The molecule has 0 unspecified atom stereocenters. The summed E-state index contributed by atoms with van der Waals surface area (Å²) in [7, 11) is 0. The molecule has 3 aromatic rings. The average Bonchev–Trinajstić information content (AvgIpc) is 2.93. The monoisotopic (exact) mass is 541 g/mol. The highest BCUT2D eigenvalue weighted by Gasteiger charge is 2.30. The summed E-state index contributed by atoms with van der Waals surface area (Å²) in [5.74, 6) is 0.230. The number of Topliss-reactive ketones (excluding diaryl/α,β-unsaturated/α-hetero) is 1. The molecule has 0 radical (unpaired) electrons. The maximum atomic E-state index is 13.1. The van der Waals surface area contributed by atoms with E-state index >= 15 is 0 Å². The zero-order valence-corrected chi connectivity index (χ0v) is 21.2. The molecule has 2 aliphatic heterocycles. The smallest absolute Gasteiger partial charge is 0.378 e. The Kier molecular flexibility index (Phi) is 7.58. The summed E-state index contributed by atoms with van der Waals surface area (Å²) >= 11 is 0. The zero-order chi connectivity index (χ0) is 27.6. The number of aryl methyl sites for hydroxylation is 1. The molecule has 0 N–H and O–H groups in total. The molecule has 2 fully saturated rings. The van der Waals surface area contributed by atoms with Crippen molar-refractivity contribution in [3.63, 3.8) is 0 Å². The lowest BCUT2D eigenvalue weighted by Gasteiger charge is -2.30. The number of pyridine rings is 1. The number of halogens is 3. The second kappa shape index (κ2) is 11.1. The van der Waals surface area contributed by atoms with Gasteiger partial charge in [0.05, 0.1) is 37.6 Å². The lowest BCUT2D eigenvalue weighted by atomic mass is 9.99. The minimum absolute atomic E-state index is 0.0493. The Balaban J connectivity index is 1.50. The molecule has 12 heteroatoms. The van der Waals surface area contributed by atoms with Gasteiger partial charge in [0.1, 0.15) is 12.4 Å². The fraction of sp³-hybridized carbons (Fsp3) is 0.370. The molecule has 0 aliphatic carbocycles. The van der Waals surface area contributed by atoms with Crippen LogP contribution in [0.1, 0.15) is 27.2 Å². The number of carbonyl (C=O) groups excluding carboxylic acids is 2. The predicted octanol–water partition coefficient (Wildman–Crippen LogP) is 3.49. The van der Waals surface area contributed by atoms with Crippen molar-refractivity contribution in [2.45, 2.75) is 19.5 Å². The Labute approximate surface area is 222 Å². The Morgan fingerprint density at radius 2 is 1.79 bits per heavy atom. The summed E-state index contributed by atoms with van der Waals surface area (Å²) in [5.41, 5.74) is 1.31. The normalized spacial score (nSPS) is 16.5. The van der Waals surface area contributed by atoms with Gasteiger partial charge < -0.3 is 14.4 Å². The van der Waals surface area contributed by atoms with Crippen LogP contribution in [-0.2, 0) is 26.9 Å². The first-order valence-corrected chi connectivity index (χ1v) is 12.5. The van der Waals surface area contributed by atoms with Crippen LogP contribution in [0.5, 0.6) is 0 Å². The molecule has 9 nitrogen and oxygen atoms in total. The molecule has 204 valence electrons. The van der Waals surface area contributed by atoms with Gasteiger partial charge in [-0.05, 0) is 24.6 Å². The van der Waals surface area contributed by atoms with E-state index < -0.39 is 11.7 Å². The molecule has 0 bridgehead atoms. The highest BCUT2D eigenvalue weighted by molar-refractivity contribution is 5.98. The maximum Gasteiger partial charge on any atom is 0.416 e. The van der Waals surface area contributed by atoms with Gasteiger partial charge in [-0.2, -0.15) is 18.2 Å². The van der Waals surface area contributed by atoms with Gasteiger partial charge in [0.25, 0.3) is 5.91 Å². The second-order valence-electron chi connectivity index (χ2n) is 9.26. The number of nitrogens with zero attached hydrogens (tertiary/aromatic N) is 5. The highest BCUT2D eigenvalue weighted by Crippen LogP contribution is 2.31. The molecule has 2 saturated heterocycles. The van der Waals surface area contributed by atoms with Crippen molar-refractivity contribution in [3.8, 4) is 11.3 Å². The first kappa shape index (κ1) is 26.7. The van der Waals surface area contributed by atoms with Gasteiger partial charge in [-0.1, -0.05) is 18.2 Å². The summed E-state index contributed by atoms with van der Waals surface area (Å²) in [6.07, 6.45) is -3.31. The van der Waals surface area contributed by atoms with E-state index in [0.29, 0.717) is 68.2 Å². The topological polar surface area (TPSA) is 97.8 Å². The van der Waals surface area contributed by atoms with E-state index in [4.69, 9.17) is 14.5 Å². The van der Waals surface area contributed by atoms with Crippen LogP contribution in [0.25, 0.3) is 11.3 Å². The number of ketones is 1. The number of ether oxygens (including phenoxy) is 2. The number of benzene rings is 1. The summed E-state index contributed by atoms with van der Waals surface area (Å²) in [6, 6.07) is 8.03. The van der Waals surface area contributed by atoms with E-state index in [1.807, 2.05) is 4.90 Å². The van der Waals surface area contributed by atoms with Crippen molar-refractivity contribution < 1.29 is 32.2 Å². The number of morpholine rings is 2. The van der Waals surface area contributed by atoms with Crippen molar-refractivity contribution in [2.24, 2.45) is 0 Å². The van der Waals surface area contributed by atoms with Crippen molar-refractivity contribution >= 4 is 23.5 Å². The van der Waals surface area contributed by atoms with Crippen LogP contribution in [0, 0.1) is 6.92 Å². The molecule has 0 saturated carbocycles. The zero-order valence-electron chi connectivity index (χ0n) is 21.2. The number of hydrogen-bond acceptors (Lipinski definition) is 8. The number of hydrogen-bond donors (Lipinski definition) is 0. The molecule has 5 rings (SSSR count). The molecule has 1 aromatic carbocycles. The van der Waals surface area contributed by atoms with Crippen molar-refractivity contribution in [2.75, 3.05) is 55.9 Å². The van der Waals surface area contributed by atoms with Gasteiger partial charge >= 0.3 is 6.18 Å². The Bertz CT molecular complexity index is 1390. The van der Waals surface area contributed by atoms with E-state index in [9.17, 15) is 22.8 Å². The summed E-state index contributed by atoms with van der Waals surface area (Å²) in [6.45, 7) is 4.61. The third-order valence-corrected chi connectivity index (χ3v) is 6.56. The SMILES string of the molecule is Cc1ncc(C(=O)Cc2cccc(C(F)(F)F)c2)cc1-c1cc(N2CCOCC2=O)nc(N2CCOCC2)n1. The van der Waals surface area contributed by atoms with Crippen LogP contribution in [0.15, 0.2) is 42.6 Å². The van der Waals surface area contributed by atoms with E-state index in [1.165, 1.54) is 18.3 Å². The van der Waals surface area contributed by atoms with Crippen molar-refractivity contribution in [3.05, 3.63) is 65.0 Å². The molecule has 2 aromatic heterocycles. The van der Waals surface area contributed by atoms with Gasteiger partial charge in [-0.15, -0.1) is 0 Å². The minimum Gasteiger partial charge on any atom is -0.378 e. The van der Waals surface area contributed by atoms with Crippen LogP contribution in [0.3, 0.4) is 0 Å². The average molecular weight is 542 g/mol. The van der Waals surface area contributed by atoms with Gasteiger partial charge in [-0.25, -0.2) is 4.98 Å². The minimum atomic E-state index is -4.50. The highest BCUT2D eigenvalue weighted by atomic mass is 19.4. The number of amides is 1. The summed E-state index contributed by atoms with van der Waals surface area (Å²) in [5, 5.41) is 0. The Morgan fingerprint density at radius 1 is 1.03 bits per heavy atom. The first-order chi connectivity index (χ1) is 18.7. The molecule has 4 heterocycles. The molecule has 2 aliphatic rings. The van der Waals surface area contributed by atoms with Gasteiger partial charge in [0, 0.05) is 48.6 Å². The fourth-order valence-corrected chi connectivity index (χ4v) is 4.45. The fourth-order valence-electron chi connectivity index (χ4n) is 4.45. The molecule has 0 spiro atoms. The lowest BCUT2D eigenvalue weighted by Crippen LogP contribution is -2.43. The molecular weight excluding hydrogens is 515 g/mol. The predicted molar refractivity (Wildman–Crippen MR) is 136 cm³/mol. The summed E-state index contributed by atoms with van der Waals surface area (Å²) in [4.78, 5) is 43.0.